The molecule has 0 heterocycles. The molecule has 1 unspecified atom stereocenters. The highest BCUT2D eigenvalue weighted by Crippen LogP contribution is 2.29. The van der Waals surface area contributed by atoms with E-state index in [-0.39, 0.29) is 11.1 Å². The predicted octanol–water partition coefficient (Wildman–Crippen LogP) is 4.33. The molecule has 112 valence electrons. The Labute approximate surface area is 120 Å². The lowest BCUT2D eigenvalue weighted by Gasteiger charge is -2.21. The smallest absolute Gasteiger partial charge is 0.134 e. The molecule has 2 rings (SSSR count). The second-order valence-corrected chi connectivity index (χ2v) is 4.69. The lowest BCUT2D eigenvalue weighted by atomic mass is 9.97. The van der Waals surface area contributed by atoms with Crippen LogP contribution in [0.2, 0.25) is 0 Å². The quantitative estimate of drug-likeness (QED) is 0.810. The van der Waals surface area contributed by atoms with Crippen LogP contribution in [0.25, 0.3) is 0 Å². The van der Waals surface area contributed by atoms with E-state index >= 15 is 0 Å². The van der Waals surface area contributed by atoms with Gasteiger partial charge in [-0.25, -0.2) is 17.6 Å². The minimum atomic E-state index is -1.04. The Morgan fingerprint density at radius 2 is 1.57 bits per heavy atom. The predicted molar refractivity (Wildman–Crippen MR) is 72.9 cm³/mol. The Morgan fingerprint density at radius 3 is 2.14 bits per heavy atom. The summed E-state index contributed by atoms with van der Waals surface area (Å²) in [4.78, 5) is 0. The van der Waals surface area contributed by atoms with Gasteiger partial charge in [0.1, 0.15) is 23.3 Å². The number of hydrogen-bond donors (Lipinski definition) is 1. The SMILES string of the molecule is CCCNC(c1ccccc1F)c1c(F)cc(F)cc1F. The molecule has 0 aromatic heterocycles. The molecule has 1 nitrogen and oxygen atoms in total. The Hall–Kier alpha value is -1.88. The van der Waals surface area contributed by atoms with Crippen LogP contribution < -0.4 is 5.32 Å². The zero-order valence-electron chi connectivity index (χ0n) is 11.5. The molecule has 0 radical (unpaired) electrons. The van der Waals surface area contributed by atoms with Crippen LogP contribution in [0.1, 0.15) is 30.5 Å². The van der Waals surface area contributed by atoms with Crippen LogP contribution >= 0.6 is 0 Å². The van der Waals surface area contributed by atoms with Crippen LogP contribution in [0.5, 0.6) is 0 Å². The fraction of sp³-hybridized carbons (Fsp3) is 0.250. The second kappa shape index (κ2) is 6.72. The summed E-state index contributed by atoms with van der Waals surface area (Å²) in [6, 6.07) is 5.93. The fourth-order valence-electron chi connectivity index (χ4n) is 2.19. The first-order chi connectivity index (χ1) is 10.0. The van der Waals surface area contributed by atoms with Crippen LogP contribution in [0.15, 0.2) is 36.4 Å². The molecule has 0 amide bonds. The number of halogens is 4. The molecule has 2 aromatic rings. The van der Waals surface area contributed by atoms with Gasteiger partial charge in [0.25, 0.3) is 0 Å². The standard InChI is InChI=1S/C16H15F4N/c1-2-7-21-16(11-5-3-4-6-12(11)18)15-13(19)8-10(17)9-14(15)20/h3-6,8-9,16,21H,2,7H2,1H3. The van der Waals surface area contributed by atoms with Crippen molar-refractivity contribution in [2.75, 3.05) is 6.54 Å². The lowest BCUT2D eigenvalue weighted by Crippen LogP contribution is -2.26. The van der Waals surface area contributed by atoms with Gasteiger partial charge in [-0.15, -0.1) is 0 Å². The summed E-state index contributed by atoms with van der Waals surface area (Å²) in [5.41, 5.74) is -0.259. The third-order valence-electron chi connectivity index (χ3n) is 3.15. The maximum absolute atomic E-state index is 14.0. The zero-order valence-corrected chi connectivity index (χ0v) is 11.5. The monoisotopic (exact) mass is 297 g/mol. The molecule has 2 aromatic carbocycles. The third-order valence-corrected chi connectivity index (χ3v) is 3.15. The molecule has 0 spiro atoms. The lowest BCUT2D eigenvalue weighted by molar-refractivity contribution is 0.476. The van der Waals surface area contributed by atoms with Crippen molar-refractivity contribution < 1.29 is 17.6 Å². The summed E-state index contributed by atoms with van der Waals surface area (Å²) in [5, 5.41) is 2.90. The van der Waals surface area contributed by atoms with Gasteiger partial charge in [0.15, 0.2) is 0 Å². The van der Waals surface area contributed by atoms with Gasteiger partial charge in [0, 0.05) is 23.3 Å². The summed E-state index contributed by atoms with van der Waals surface area (Å²) in [6.07, 6.45) is 0.704. The molecule has 0 fully saturated rings. The molecule has 0 saturated heterocycles. The van der Waals surface area contributed by atoms with E-state index < -0.39 is 29.3 Å². The Bertz CT molecular complexity index is 604. The Kier molecular flexibility index (Phi) is 4.96. The highest BCUT2D eigenvalue weighted by Gasteiger charge is 2.24. The summed E-state index contributed by atoms with van der Waals surface area (Å²) >= 11 is 0. The van der Waals surface area contributed by atoms with Crippen molar-refractivity contribution in [3.8, 4) is 0 Å². The largest absolute Gasteiger partial charge is 0.306 e. The molecule has 5 heteroatoms. The van der Waals surface area contributed by atoms with Gasteiger partial charge < -0.3 is 5.32 Å². The van der Waals surface area contributed by atoms with Crippen LogP contribution in [0, 0.1) is 23.3 Å². The van der Waals surface area contributed by atoms with Gasteiger partial charge in [-0.05, 0) is 19.0 Å². The normalized spacial score (nSPS) is 12.4. The van der Waals surface area contributed by atoms with E-state index in [1.807, 2.05) is 6.92 Å². The van der Waals surface area contributed by atoms with Gasteiger partial charge >= 0.3 is 0 Å². The van der Waals surface area contributed by atoms with E-state index in [1.54, 1.807) is 6.07 Å². The molecule has 1 atom stereocenters. The molecule has 0 aliphatic carbocycles. The zero-order chi connectivity index (χ0) is 15.4. The highest BCUT2D eigenvalue weighted by atomic mass is 19.1. The van der Waals surface area contributed by atoms with Crippen molar-refractivity contribution >= 4 is 0 Å². The van der Waals surface area contributed by atoms with E-state index in [4.69, 9.17) is 0 Å². The van der Waals surface area contributed by atoms with Crippen molar-refractivity contribution in [3.05, 3.63) is 70.8 Å². The first-order valence-corrected chi connectivity index (χ1v) is 6.66. The van der Waals surface area contributed by atoms with Gasteiger partial charge in [0.05, 0.1) is 6.04 Å². The molecule has 0 aliphatic rings. The molecule has 1 N–H and O–H groups in total. The van der Waals surface area contributed by atoms with E-state index in [1.165, 1.54) is 18.2 Å². The molecular weight excluding hydrogens is 282 g/mol. The molecule has 0 bridgehead atoms. The minimum absolute atomic E-state index is 0.121. The van der Waals surface area contributed by atoms with Crippen LogP contribution in [-0.2, 0) is 0 Å². The maximum Gasteiger partial charge on any atom is 0.134 e. The average molecular weight is 297 g/mol. The van der Waals surface area contributed by atoms with Crippen LogP contribution in [0.3, 0.4) is 0 Å². The number of benzene rings is 2. The maximum atomic E-state index is 14.0. The van der Waals surface area contributed by atoms with E-state index in [2.05, 4.69) is 5.32 Å². The fourth-order valence-corrected chi connectivity index (χ4v) is 2.19. The summed E-state index contributed by atoms with van der Waals surface area (Å²) in [7, 11) is 0. The molecular formula is C16H15F4N. The third kappa shape index (κ3) is 3.42. The van der Waals surface area contributed by atoms with Crippen molar-refractivity contribution in [1.29, 1.82) is 0 Å². The van der Waals surface area contributed by atoms with Crippen molar-refractivity contribution in [2.24, 2.45) is 0 Å². The number of hydrogen-bond acceptors (Lipinski definition) is 1. The van der Waals surface area contributed by atoms with Crippen molar-refractivity contribution in [2.45, 2.75) is 19.4 Å². The first-order valence-electron chi connectivity index (χ1n) is 6.66. The summed E-state index contributed by atoms with van der Waals surface area (Å²) < 4.78 is 54.9. The van der Waals surface area contributed by atoms with Crippen molar-refractivity contribution in [1.82, 2.24) is 5.32 Å². The van der Waals surface area contributed by atoms with Gasteiger partial charge in [-0.2, -0.15) is 0 Å². The molecule has 0 aliphatic heterocycles. The first kappa shape index (κ1) is 15.5. The van der Waals surface area contributed by atoms with Gasteiger partial charge in [-0.1, -0.05) is 25.1 Å². The van der Waals surface area contributed by atoms with E-state index in [0.717, 1.165) is 0 Å². The van der Waals surface area contributed by atoms with Crippen LogP contribution in [-0.4, -0.2) is 6.54 Å². The summed E-state index contributed by atoms with van der Waals surface area (Å²) in [6.45, 7) is 2.32. The molecule has 0 saturated carbocycles. The Morgan fingerprint density at radius 1 is 0.952 bits per heavy atom. The average Bonchev–Trinajstić information content (AvgIpc) is 2.42. The Balaban J connectivity index is 2.54. The van der Waals surface area contributed by atoms with Gasteiger partial charge in [0.2, 0.25) is 0 Å². The number of nitrogens with one attached hydrogen (secondary N) is 1. The minimum Gasteiger partial charge on any atom is -0.306 e. The molecule has 21 heavy (non-hydrogen) atoms. The number of rotatable bonds is 5. The van der Waals surface area contributed by atoms with Crippen LogP contribution in [0.4, 0.5) is 17.6 Å². The van der Waals surface area contributed by atoms with E-state index in [9.17, 15) is 17.6 Å². The topological polar surface area (TPSA) is 12.0 Å². The summed E-state index contributed by atoms with van der Waals surface area (Å²) in [5.74, 6) is -3.65. The van der Waals surface area contributed by atoms with Gasteiger partial charge in [-0.3, -0.25) is 0 Å². The van der Waals surface area contributed by atoms with Crippen molar-refractivity contribution in [3.63, 3.8) is 0 Å². The van der Waals surface area contributed by atoms with E-state index in [0.29, 0.717) is 25.1 Å². The second-order valence-electron chi connectivity index (χ2n) is 4.69. The highest BCUT2D eigenvalue weighted by molar-refractivity contribution is 5.34.